The molecule has 0 aliphatic rings. The quantitative estimate of drug-likeness (QED) is 0.425. The lowest BCUT2D eigenvalue weighted by molar-refractivity contribution is 0.102. The molecule has 2 N–H and O–H groups in total. The molecule has 0 aliphatic heterocycles. The Kier molecular flexibility index (Phi) is 6.21. The summed E-state index contributed by atoms with van der Waals surface area (Å²) >= 11 is 0. The lowest BCUT2D eigenvalue weighted by atomic mass is 10.1. The summed E-state index contributed by atoms with van der Waals surface area (Å²) in [5, 5.41) is 7.15. The first-order valence-electron chi connectivity index (χ1n) is 10.6. The number of aromatic nitrogens is 3. The van der Waals surface area contributed by atoms with Gasteiger partial charge in [-0.05, 0) is 81.3 Å². The largest absolute Gasteiger partial charge is 0.322 e. The maximum Gasteiger partial charge on any atom is 0.261 e. The van der Waals surface area contributed by atoms with Crippen molar-refractivity contribution in [1.29, 1.82) is 0 Å². The molecular weight excluding hydrogens is 450 g/mol. The average molecular weight is 476 g/mol. The molecule has 174 valence electrons. The van der Waals surface area contributed by atoms with Gasteiger partial charge in [-0.1, -0.05) is 18.2 Å². The number of hydrogen-bond donors (Lipinski definition) is 2. The van der Waals surface area contributed by atoms with Crippen LogP contribution in [-0.2, 0) is 10.0 Å². The Morgan fingerprint density at radius 3 is 2.15 bits per heavy atom. The lowest BCUT2D eigenvalue weighted by Gasteiger charge is -2.13. The standard InChI is InChI=1S/C25H25N5O3S/c1-16-6-5-7-17(2)24(16)29-34(32,33)22-11-9-21(10-12-22)27-25(31)20-8-13-23(26-15-20)30-19(4)14-18(3)28-30/h5-15,29H,1-4H3,(H,27,31). The van der Waals surface area contributed by atoms with Crippen molar-refractivity contribution in [3.8, 4) is 5.82 Å². The number of sulfonamides is 1. The van der Waals surface area contributed by atoms with Crippen LogP contribution in [0.4, 0.5) is 11.4 Å². The molecule has 0 saturated carbocycles. The van der Waals surface area contributed by atoms with Crippen molar-refractivity contribution in [3.05, 3.63) is 94.9 Å². The number of anilines is 2. The second-order valence-corrected chi connectivity index (χ2v) is 9.78. The summed E-state index contributed by atoms with van der Waals surface area (Å²) in [5.41, 5.74) is 4.92. The third-order valence-corrected chi connectivity index (χ3v) is 6.74. The Morgan fingerprint density at radius 1 is 0.912 bits per heavy atom. The molecule has 1 amide bonds. The third-order valence-electron chi connectivity index (χ3n) is 5.38. The van der Waals surface area contributed by atoms with E-state index in [0.717, 1.165) is 22.5 Å². The summed E-state index contributed by atoms with van der Waals surface area (Å²) in [6.07, 6.45) is 1.48. The van der Waals surface area contributed by atoms with Crippen molar-refractivity contribution < 1.29 is 13.2 Å². The van der Waals surface area contributed by atoms with E-state index in [1.165, 1.54) is 18.3 Å². The maximum atomic E-state index is 12.8. The number of rotatable bonds is 6. The van der Waals surface area contributed by atoms with Gasteiger partial charge in [0, 0.05) is 17.6 Å². The third kappa shape index (κ3) is 4.84. The Morgan fingerprint density at radius 2 is 1.59 bits per heavy atom. The van der Waals surface area contributed by atoms with Crippen LogP contribution in [0.25, 0.3) is 5.82 Å². The molecule has 4 aromatic rings. The Labute approximate surface area is 198 Å². The Hall–Kier alpha value is -3.98. The fourth-order valence-electron chi connectivity index (χ4n) is 3.60. The number of amides is 1. The van der Waals surface area contributed by atoms with Gasteiger partial charge < -0.3 is 5.32 Å². The molecular formula is C25H25N5O3S. The zero-order chi connectivity index (χ0) is 24.5. The number of pyridine rings is 1. The van der Waals surface area contributed by atoms with Crippen LogP contribution in [0.3, 0.4) is 0 Å². The highest BCUT2D eigenvalue weighted by molar-refractivity contribution is 7.92. The lowest BCUT2D eigenvalue weighted by Crippen LogP contribution is -2.15. The van der Waals surface area contributed by atoms with Crippen molar-refractivity contribution >= 4 is 27.3 Å². The van der Waals surface area contributed by atoms with Gasteiger partial charge in [0.15, 0.2) is 5.82 Å². The van der Waals surface area contributed by atoms with Crippen LogP contribution in [0, 0.1) is 27.7 Å². The van der Waals surface area contributed by atoms with E-state index in [2.05, 4.69) is 20.1 Å². The summed E-state index contributed by atoms with van der Waals surface area (Å²) in [7, 11) is -3.77. The predicted molar refractivity (Wildman–Crippen MR) is 132 cm³/mol. The molecule has 2 aromatic carbocycles. The summed E-state index contributed by atoms with van der Waals surface area (Å²) in [6.45, 7) is 7.54. The van der Waals surface area contributed by atoms with Gasteiger partial charge in [0.25, 0.3) is 15.9 Å². The zero-order valence-electron chi connectivity index (χ0n) is 19.3. The number of para-hydroxylation sites is 1. The van der Waals surface area contributed by atoms with Gasteiger partial charge >= 0.3 is 0 Å². The topological polar surface area (TPSA) is 106 Å². The van der Waals surface area contributed by atoms with Crippen LogP contribution in [0.1, 0.15) is 32.9 Å². The van der Waals surface area contributed by atoms with Crippen molar-refractivity contribution in [1.82, 2.24) is 14.8 Å². The molecule has 0 fully saturated rings. The van der Waals surface area contributed by atoms with Crippen LogP contribution in [0.15, 0.2) is 71.8 Å². The van der Waals surface area contributed by atoms with Gasteiger partial charge in [-0.15, -0.1) is 0 Å². The van der Waals surface area contributed by atoms with Crippen molar-refractivity contribution in [2.45, 2.75) is 32.6 Å². The summed E-state index contributed by atoms with van der Waals surface area (Å²) in [6, 6.07) is 16.9. The fraction of sp³-hybridized carbons (Fsp3) is 0.160. The Bertz CT molecular complexity index is 1440. The van der Waals surface area contributed by atoms with Crippen LogP contribution >= 0.6 is 0 Å². The SMILES string of the molecule is Cc1cc(C)n(-c2ccc(C(=O)Nc3ccc(S(=O)(=O)Nc4c(C)cccc4C)cc3)cn2)n1. The van der Waals surface area contributed by atoms with Crippen molar-refractivity contribution in [2.24, 2.45) is 0 Å². The molecule has 0 bridgehead atoms. The van der Waals surface area contributed by atoms with Crippen molar-refractivity contribution in [3.63, 3.8) is 0 Å². The van der Waals surface area contributed by atoms with Crippen LogP contribution in [0.2, 0.25) is 0 Å². The van der Waals surface area contributed by atoms with Crippen molar-refractivity contribution in [2.75, 3.05) is 10.0 Å². The minimum atomic E-state index is -3.77. The molecule has 4 rings (SSSR count). The van der Waals surface area contributed by atoms with E-state index in [1.54, 1.807) is 28.9 Å². The van der Waals surface area contributed by atoms with Gasteiger partial charge in [-0.3, -0.25) is 9.52 Å². The van der Waals surface area contributed by atoms with Crippen LogP contribution < -0.4 is 10.0 Å². The molecule has 8 nitrogen and oxygen atoms in total. The molecule has 0 radical (unpaired) electrons. The smallest absolute Gasteiger partial charge is 0.261 e. The minimum Gasteiger partial charge on any atom is -0.322 e. The first-order chi connectivity index (χ1) is 16.1. The van der Waals surface area contributed by atoms with E-state index in [1.807, 2.05) is 52.0 Å². The van der Waals surface area contributed by atoms with E-state index in [-0.39, 0.29) is 10.8 Å². The van der Waals surface area contributed by atoms with Gasteiger partial charge in [0.1, 0.15) is 0 Å². The maximum absolute atomic E-state index is 12.8. The number of benzene rings is 2. The van der Waals surface area contributed by atoms with E-state index in [4.69, 9.17) is 0 Å². The van der Waals surface area contributed by atoms with Gasteiger partial charge in [-0.25, -0.2) is 18.1 Å². The highest BCUT2D eigenvalue weighted by atomic mass is 32.2. The fourth-order valence-corrected chi connectivity index (χ4v) is 4.80. The number of carbonyl (C=O) groups is 1. The normalized spacial score (nSPS) is 11.3. The molecule has 2 heterocycles. The van der Waals surface area contributed by atoms with Crippen LogP contribution in [0.5, 0.6) is 0 Å². The molecule has 2 aromatic heterocycles. The van der Waals surface area contributed by atoms with E-state index >= 15 is 0 Å². The van der Waals surface area contributed by atoms with Gasteiger partial charge in [0.2, 0.25) is 0 Å². The Balaban J connectivity index is 1.46. The molecule has 0 aliphatic carbocycles. The summed E-state index contributed by atoms with van der Waals surface area (Å²) < 4.78 is 30.0. The van der Waals surface area contributed by atoms with E-state index in [0.29, 0.717) is 22.8 Å². The predicted octanol–water partition coefficient (Wildman–Crippen LogP) is 4.55. The second kappa shape index (κ2) is 9.11. The molecule has 0 spiro atoms. The highest BCUT2D eigenvalue weighted by Gasteiger charge is 2.17. The summed E-state index contributed by atoms with van der Waals surface area (Å²) in [5.74, 6) is 0.268. The number of nitrogens with zero attached hydrogens (tertiary/aromatic N) is 3. The summed E-state index contributed by atoms with van der Waals surface area (Å²) in [4.78, 5) is 17.1. The van der Waals surface area contributed by atoms with Gasteiger partial charge in [-0.2, -0.15) is 5.10 Å². The number of aryl methyl sites for hydroxylation is 4. The minimum absolute atomic E-state index is 0.101. The number of nitrogens with one attached hydrogen (secondary N) is 2. The molecule has 9 heteroatoms. The van der Waals surface area contributed by atoms with Crippen LogP contribution in [-0.4, -0.2) is 29.1 Å². The molecule has 34 heavy (non-hydrogen) atoms. The number of hydrogen-bond acceptors (Lipinski definition) is 5. The molecule has 0 saturated heterocycles. The number of carbonyl (C=O) groups excluding carboxylic acids is 1. The molecule has 0 atom stereocenters. The first-order valence-corrected chi connectivity index (χ1v) is 12.1. The molecule has 0 unspecified atom stereocenters. The van der Waals surface area contributed by atoms with E-state index < -0.39 is 10.0 Å². The van der Waals surface area contributed by atoms with Gasteiger partial charge in [0.05, 0.1) is 21.8 Å². The van der Waals surface area contributed by atoms with E-state index in [9.17, 15) is 13.2 Å². The second-order valence-electron chi connectivity index (χ2n) is 8.09. The zero-order valence-corrected chi connectivity index (χ0v) is 20.1. The first kappa shape index (κ1) is 23.2. The average Bonchev–Trinajstić information content (AvgIpc) is 3.14. The monoisotopic (exact) mass is 475 g/mol. The highest BCUT2D eigenvalue weighted by Crippen LogP contribution is 2.24.